The Morgan fingerprint density at radius 3 is 2.83 bits per heavy atom. The molecule has 1 fully saturated rings. The van der Waals surface area contributed by atoms with Crippen LogP contribution in [0.2, 0.25) is 0 Å². The molecule has 0 radical (unpaired) electrons. The first-order valence-electron chi connectivity index (χ1n) is 5.87. The fourth-order valence-corrected chi connectivity index (χ4v) is 2.25. The molecule has 100 valence electrons. The van der Waals surface area contributed by atoms with Crippen molar-refractivity contribution in [3.63, 3.8) is 0 Å². The molecule has 1 aliphatic heterocycles. The first-order valence-corrected chi connectivity index (χ1v) is 5.87. The van der Waals surface area contributed by atoms with Crippen molar-refractivity contribution >= 4 is 18.3 Å². The lowest BCUT2D eigenvalue weighted by atomic mass is 10.1. The number of hydrogen-bond donors (Lipinski definition) is 1. The molecule has 5 heteroatoms. The summed E-state index contributed by atoms with van der Waals surface area (Å²) in [5.41, 5.74) is 6.87. The van der Waals surface area contributed by atoms with E-state index in [-0.39, 0.29) is 24.1 Å². The monoisotopic (exact) mass is 272 g/mol. The van der Waals surface area contributed by atoms with Crippen LogP contribution < -0.4 is 5.73 Å². The fraction of sp³-hybridized carbons (Fsp3) is 0.462. The standard InChI is InChI=1S/C13H17FN2O.ClH/c1-9-6-11(14)2-3-12(9)13(17)16-5-4-10(7-15)8-16;/h2-3,6,10H,4-5,7-8,15H2,1H3;1H. The van der Waals surface area contributed by atoms with Crippen LogP contribution in [0.3, 0.4) is 0 Å². The lowest BCUT2D eigenvalue weighted by Crippen LogP contribution is -2.30. The molecule has 2 N–H and O–H groups in total. The number of halogens is 2. The maximum atomic E-state index is 13.0. The summed E-state index contributed by atoms with van der Waals surface area (Å²) in [7, 11) is 0. The second-order valence-corrected chi connectivity index (χ2v) is 4.60. The molecule has 1 heterocycles. The van der Waals surface area contributed by atoms with Crippen molar-refractivity contribution in [2.45, 2.75) is 13.3 Å². The van der Waals surface area contributed by atoms with E-state index < -0.39 is 0 Å². The number of rotatable bonds is 2. The Bertz CT molecular complexity index is 439. The van der Waals surface area contributed by atoms with Crippen molar-refractivity contribution in [1.82, 2.24) is 4.90 Å². The first-order chi connectivity index (χ1) is 8.11. The summed E-state index contributed by atoms with van der Waals surface area (Å²) in [5.74, 6) is 0.0819. The Morgan fingerprint density at radius 2 is 2.28 bits per heavy atom. The molecule has 0 aliphatic carbocycles. The highest BCUT2D eigenvalue weighted by Crippen LogP contribution is 2.19. The van der Waals surface area contributed by atoms with Gasteiger partial charge < -0.3 is 10.6 Å². The van der Waals surface area contributed by atoms with Gasteiger partial charge in [-0.2, -0.15) is 0 Å². The van der Waals surface area contributed by atoms with Gasteiger partial charge in [0, 0.05) is 18.7 Å². The van der Waals surface area contributed by atoms with Crippen molar-refractivity contribution in [1.29, 1.82) is 0 Å². The van der Waals surface area contributed by atoms with E-state index in [1.165, 1.54) is 12.1 Å². The van der Waals surface area contributed by atoms with E-state index in [4.69, 9.17) is 5.73 Å². The van der Waals surface area contributed by atoms with E-state index >= 15 is 0 Å². The molecule has 2 rings (SSSR count). The van der Waals surface area contributed by atoms with Crippen LogP contribution in [0.25, 0.3) is 0 Å². The number of benzene rings is 1. The molecule has 3 nitrogen and oxygen atoms in total. The Morgan fingerprint density at radius 1 is 1.56 bits per heavy atom. The van der Waals surface area contributed by atoms with Crippen molar-refractivity contribution in [3.8, 4) is 0 Å². The molecule has 1 saturated heterocycles. The average molecular weight is 273 g/mol. The lowest BCUT2D eigenvalue weighted by Gasteiger charge is -2.17. The van der Waals surface area contributed by atoms with Gasteiger partial charge in [-0.1, -0.05) is 0 Å². The zero-order chi connectivity index (χ0) is 12.4. The van der Waals surface area contributed by atoms with Crippen LogP contribution in [-0.2, 0) is 0 Å². The first kappa shape index (κ1) is 14.9. The summed E-state index contributed by atoms with van der Waals surface area (Å²) in [6, 6.07) is 4.28. The predicted molar refractivity (Wildman–Crippen MR) is 71.4 cm³/mol. The average Bonchev–Trinajstić information content (AvgIpc) is 2.76. The van der Waals surface area contributed by atoms with Gasteiger partial charge in [0.2, 0.25) is 0 Å². The number of nitrogens with zero attached hydrogens (tertiary/aromatic N) is 1. The molecule has 1 aromatic carbocycles. The summed E-state index contributed by atoms with van der Waals surface area (Å²) in [4.78, 5) is 14.0. The lowest BCUT2D eigenvalue weighted by molar-refractivity contribution is 0.0787. The smallest absolute Gasteiger partial charge is 0.254 e. The van der Waals surface area contributed by atoms with Gasteiger partial charge in [0.1, 0.15) is 5.82 Å². The van der Waals surface area contributed by atoms with Crippen LogP contribution in [-0.4, -0.2) is 30.4 Å². The molecule has 0 saturated carbocycles. The number of aryl methyl sites for hydroxylation is 1. The molecule has 1 atom stereocenters. The third kappa shape index (κ3) is 3.00. The van der Waals surface area contributed by atoms with Crippen molar-refractivity contribution in [2.24, 2.45) is 11.7 Å². The third-order valence-corrected chi connectivity index (χ3v) is 3.33. The molecular weight excluding hydrogens is 255 g/mol. The highest BCUT2D eigenvalue weighted by molar-refractivity contribution is 5.95. The Hall–Kier alpha value is -1.13. The summed E-state index contributed by atoms with van der Waals surface area (Å²) in [5, 5.41) is 0. The number of carbonyl (C=O) groups excluding carboxylic acids is 1. The zero-order valence-corrected chi connectivity index (χ0v) is 11.2. The van der Waals surface area contributed by atoms with E-state index in [0.29, 0.717) is 30.1 Å². The number of nitrogens with two attached hydrogens (primary N) is 1. The number of carbonyl (C=O) groups is 1. The third-order valence-electron chi connectivity index (χ3n) is 3.33. The van der Waals surface area contributed by atoms with Gasteiger partial charge in [-0.25, -0.2) is 4.39 Å². The quantitative estimate of drug-likeness (QED) is 0.895. The maximum absolute atomic E-state index is 13.0. The minimum absolute atomic E-state index is 0. The van der Waals surface area contributed by atoms with E-state index in [1.54, 1.807) is 17.9 Å². The van der Waals surface area contributed by atoms with Crippen molar-refractivity contribution in [3.05, 3.63) is 35.1 Å². The molecular formula is C13H18ClFN2O. The van der Waals surface area contributed by atoms with E-state index in [9.17, 15) is 9.18 Å². The number of likely N-dealkylation sites (tertiary alicyclic amines) is 1. The maximum Gasteiger partial charge on any atom is 0.254 e. The van der Waals surface area contributed by atoms with E-state index in [1.807, 2.05) is 0 Å². The van der Waals surface area contributed by atoms with Crippen LogP contribution >= 0.6 is 12.4 Å². The van der Waals surface area contributed by atoms with Crippen molar-refractivity contribution in [2.75, 3.05) is 19.6 Å². The van der Waals surface area contributed by atoms with E-state index in [2.05, 4.69) is 0 Å². The predicted octanol–water partition coefficient (Wildman–Crippen LogP) is 1.98. The van der Waals surface area contributed by atoms with Gasteiger partial charge in [0.15, 0.2) is 0 Å². The van der Waals surface area contributed by atoms with Gasteiger partial charge in [0.05, 0.1) is 0 Å². The van der Waals surface area contributed by atoms with Crippen molar-refractivity contribution < 1.29 is 9.18 Å². The zero-order valence-electron chi connectivity index (χ0n) is 10.4. The normalized spacial score (nSPS) is 18.6. The van der Waals surface area contributed by atoms with Gasteiger partial charge in [-0.3, -0.25) is 4.79 Å². The molecule has 18 heavy (non-hydrogen) atoms. The molecule has 0 bridgehead atoms. The van der Waals surface area contributed by atoms with Crippen LogP contribution in [0.5, 0.6) is 0 Å². The summed E-state index contributed by atoms with van der Waals surface area (Å²) < 4.78 is 13.0. The Balaban J connectivity index is 0.00000162. The van der Waals surface area contributed by atoms with Gasteiger partial charge in [-0.15, -0.1) is 12.4 Å². The Kier molecular flexibility index (Phi) is 5.11. The molecule has 1 amide bonds. The summed E-state index contributed by atoms with van der Waals surface area (Å²) in [6.45, 7) is 3.84. The van der Waals surface area contributed by atoms with Crippen LogP contribution in [0.15, 0.2) is 18.2 Å². The molecule has 1 unspecified atom stereocenters. The number of amides is 1. The van der Waals surface area contributed by atoms with Crippen LogP contribution in [0.1, 0.15) is 22.3 Å². The fourth-order valence-electron chi connectivity index (χ4n) is 2.25. The van der Waals surface area contributed by atoms with Gasteiger partial charge in [-0.05, 0) is 49.6 Å². The van der Waals surface area contributed by atoms with Gasteiger partial charge >= 0.3 is 0 Å². The highest BCUT2D eigenvalue weighted by atomic mass is 35.5. The minimum Gasteiger partial charge on any atom is -0.338 e. The highest BCUT2D eigenvalue weighted by Gasteiger charge is 2.26. The minimum atomic E-state index is -0.305. The molecule has 0 aromatic heterocycles. The largest absolute Gasteiger partial charge is 0.338 e. The Labute approximate surface area is 113 Å². The van der Waals surface area contributed by atoms with Crippen LogP contribution in [0, 0.1) is 18.7 Å². The second kappa shape index (κ2) is 6.16. The SMILES string of the molecule is Cc1cc(F)ccc1C(=O)N1CCC(CN)C1.Cl. The topological polar surface area (TPSA) is 46.3 Å². The molecule has 0 spiro atoms. The second-order valence-electron chi connectivity index (χ2n) is 4.60. The molecule has 1 aliphatic rings. The van der Waals surface area contributed by atoms with E-state index in [0.717, 1.165) is 13.0 Å². The van der Waals surface area contributed by atoms with Crippen LogP contribution in [0.4, 0.5) is 4.39 Å². The molecule has 1 aromatic rings. The summed E-state index contributed by atoms with van der Waals surface area (Å²) in [6.07, 6.45) is 0.961. The summed E-state index contributed by atoms with van der Waals surface area (Å²) >= 11 is 0. The number of hydrogen-bond acceptors (Lipinski definition) is 2. The van der Waals surface area contributed by atoms with Gasteiger partial charge in [0.25, 0.3) is 5.91 Å².